The Hall–Kier alpha value is -0.000000000000000111. The predicted octanol–water partition coefficient (Wildman–Crippen LogP) is 11.0. The quantitative estimate of drug-likeness (QED) is 0.249. The van der Waals surface area contributed by atoms with Crippen molar-refractivity contribution in [2.75, 3.05) is 53.3 Å². The summed E-state index contributed by atoms with van der Waals surface area (Å²) in [7, 11) is -2.72. The molecule has 1 fully saturated rings. The van der Waals surface area contributed by atoms with Crippen LogP contribution in [0.2, 0.25) is 0 Å². The Morgan fingerprint density at radius 2 is 1.27 bits per heavy atom. The largest absolute Gasteiger partial charge is 0.345 e. The van der Waals surface area contributed by atoms with Gasteiger partial charge in [-0.3, -0.25) is 0 Å². The van der Waals surface area contributed by atoms with Gasteiger partial charge in [0.2, 0.25) is 0 Å². The molecule has 1 saturated carbocycles. The maximum Gasteiger partial charge on any atom is 0.345 e. The molecule has 0 bridgehead atoms. The lowest BCUT2D eigenvalue weighted by Gasteiger charge is -2.44. The standard InChI is InChI=1S/C33H62NP3/c1-14-28(20-21-33(15-2,16-3)25-34-32-26(4)18-17-19-27(32)5)37(12,13)31-23-29(35(6,7)8)22-30(24-31)36(9,10)11/h17-19,28-31H,14-16,20-24H2,1-13H3/q+4. The van der Waals surface area contributed by atoms with Crippen molar-refractivity contribution in [2.45, 2.75) is 109 Å². The number of hydrogen-bond acceptors (Lipinski definition) is 0. The molecule has 1 aromatic rings. The first-order valence-corrected chi connectivity index (χ1v) is 24.2. The van der Waals surface area contributed by atoms with Crippen LogP contribution in [0.3, 0.4) is 0 Å². The highest BCUT2D eigenvalue weighted by molar-refractivity contribution is 7.77. The van der Waals surface area contributed by atoms with Gasteiger partial charge in [-0.15, -0.1) is 0 Å². The van der Waals surface area contributed by atoms with Gasteiger partial charge in [-0.1, -0.05) is 39.0 Å². The topological polar surface area (TPSA) is 4.36 Å². The molecule has 1 nitrogen and oxygen atoms in total. The van der Waals surface area contributed by atoms with E-state index in [1.165, 1.54) is 49.7 Å². The molecule has 1 aromatic carbocycles. The zero-order chi connectivity index (χ0) is 28.2. The summed E-state index contributed by atoms with van der Waals surface area (Å²) in [6.07, 6.45) is 10.7. The molecular formula is C33H62NP3+4. The fourth-order valence-electron chi connectivity index (χ4n) is 6.76. The van der Waals surface area contributed by atoms with E-state index in [2.05, 4.69) is 112 Å². The van der Waals surface area contributed by atoms with Crippen molar-refractivity contribution in [1.29, 1.82) is 0 Å². The van der Waals surface area contributed by atoms with Gasteiger partial charge in [0.1, 0.15) is 5.41 Å². The average molecular weight is 566 g/mol. The van der Waals surface area contributed by atoms with E-state index in [1.807, 2.05) is 0 Å². The molecule has 0 heterocycles. The minimum absolute atomic E-state index is 0.0909. The molecular weight excluding hydrogens is 503 g/mol. The molecule has 1 aliphatic carbocycles. The van der Waals surface area contributed by atoms with E-state index < -0.39 is 21.8 Å². The van der Waals surface area contributed by atoms with Crippen LogP contribution in [0.15, 0.2) is 18.2 Å². The highest BCUT2D eigenvalue weighted by Crippen LogP contribution is 2.72. The van der Waals surface area contributed by atoms with Crippen LogP contribution in [0.5, 0.6) is 0 Å². The SMILES string of the molecule is CCC(CCC(C#[N+]c1c(C)cccc1C)(CC)CC)[P+](C)(C)C1CC([P+](C)(C)C)CC([P+](C)(C)C)C1. The Labute approximate surface area is 234 Å². The van der Waals surface area contributed by atoms with E-state index in [0.29, 0.717) is 0 Å². The molecule has 0 aliphatic heterocycles. The van der Waals surface area contributed by atoms with Gasteiger partial charge in [-0.2, -0.15) is 0 Å². The molecule has 37 heavy (non-hydrogen) atoms. The first-order valence-electron chi connectivity index (χ1n) is 15.0. The zero-order valence-corrected chi connectivity index (χ0v) is 29.7. The van der Waals surface area contributed by atoms with E-state index in [1.54, 1.807) is 0 Å². The minimum Gasteiger partial charge on any atom is -0.0637 e. The Morgan fingerprint density at radius 1 is 0.811 bits per heavy atom. The maximum absolute atomic E-state index is 5.02. The zero-order valence-electron chi connectivity index (χ0n) is 27.0. The molecule has 0 radical (unpaired) electrons. The lowest BCUT2D eigenvalue weighted by atomic mass is 9.79. The van der Waals surface area contributed by atoms with Gasteiger partial charge in [0, 0.05) is 105 Å². The Kier molecular flexibility index (Phi) is 11.8. The maximum atomic E-state index is 5.02. The molecule has 0 N–H and O–H groups in total. The van der Waals surface area contributed by atoms with Crippen LogP contribution in [0.1, 0.15) is 83.3 Å². The van der Waals surface area contributed by atoms with Crippen molar-refractivity contribution >= 4 is 27.5 Å². The molecule has 3 unspecified atom stereocenters. The molecule has 2 rings (SSSR count). The van der Waals surface area contributed by atoms with Crippen LogP contribution >= 0.6 is 21.8 Å². The molecule has 1 aliphatic rings. The summed E-state index contributed by atoms with van der Waals surface area (Å²) in [6.45, 7) is 32.7. The van der Waals surface area contributed by atoms with Crippen LogP contribution in [-0.2, 0) is 0 Å². The van der Waals surface area contributed by atoms with Gasteiger partial charge in [0.25, 0.3) is 6.07 Å². The second-order valence-electron chi connectivity index (χ2n) is 14.6. The summed E-state index contributed by atoms with van der Waals surface area (Å²) in [5.74, 6) is 0. The third-order valence-corrected chi connectivity index (χ3v) is 20.4. The van der Waals surface area contributed by atoms with Gasteiger partial charge in [-0.05, 0) is 50.8 Å². The van der Waals surface area contributed by atoms with Crippen molar-refractivity contribution in [3.8, 4) is 6.07 Å². The van der Waals surface area contributed by atoms with Crippen molar-refractivity contribution in [1.82, 2.24) is 0 Å². The molecule has 0 aromatic heterocycles. The number of hydrogen-bond donors (Lipinski definition) is 0. The van der Waals surface area contributed by atoms with E-state index in [0.717, 1.165) is 41.2 Å². The van der Waals surface area contributed by atoms with E-state index in [9.17, 15) is 0 Å². The summed E-state index contributed by atoms with van der Waals surface area (Å²) in [4.78, 5) is 5.02. The first-order chi connectivity index (χ1) is 17.0. The van der Waals surface area contributed by atoms with Gasteiger partial charge < -0.3 is 0 Å². The Bertz CT molecular complexity index is 895. The minimum atomic E-state index is -1.06. The number of rotatable bonds is 10. The average Bonchev–Trinajstić information content (AvgIpc) is 2.81. The van der Waals surface area contributed by atoms with E-state index in [4.69, 9.17) is 4.85 Å². The van der Waals surface area contributed by atoms with Gasteiger partial charge >= 0.3 is 5.69 Å². The van der Waals surface area contributed by atoms with Crippen LogP contribution < -0.4 is 0 Å². The lowest BCUT2D eigenvalue weighted by Crippen LogP contribution is -2.38. The van der Waals surface area contributed by atoms with Gasteiger partial charge in [0.15, 0.2) is 0 Å². The fraction of sp³-hybridized carbons (Fsp3) is 0.788. The lowest BCUT2D eigenvalue weighted by molar-refractivity contribution is 0.327. The normalized spacial score (nSPS) is 22.4. The summed E-state index contributed by atoms with van der Waals surface area (Å²) < 4.78 is 0. The summed E-state index contributed by atoms with van der Waals surface area (Å²) in [6, 6.07) is 10.2. The third-order valence-electron chi connectivity index (χ3n) is 10.3. The van der Waals surface area contributed by atoms with E-state index >= 15 is 0 Å². The number of para-hydroxylation sites is 1. The molecule has 0 spiro atoms. The highest BCUT2D eigenvalue weighted by Gasteiger charge is 2.54. The van der Waals surface area contributed by atoms with Crippen LogP contribution in [0, 0.1) is 25.3 Å². The summed E-state index contributed by atoms with van der Waals surface area (Å²) in [5.41, 5.74) is 7.54. The van der Waals surface area contributed by atoms with Crippen molar-refractivity contribution < 1.29 is 0 Å². The van der Waals surface area contributed by atoms with Crippen molar-refractivity contribution in [3.05, 3.63) is 34.2 Å². The Balaban J connectivity index is 2.30. The van der Waals surface area contributed by atoms with Gasteiger partial charge in [-0.25, -0.2) is 0 Å². The summed E-state index contributed by atoms with van der Waals surface area (Å²) >= 11 is 0. The molecule has 4 heteroatoms. The monoisotopic (exact) mass is 565 g/mol. The van der Waals surface area contributed by atoms with Crippen LogP contribution in [-0.4, -0.2) is 76.0 Å². The summed E-state index contributed by atoms with van der Waals surface area (Å²) in [5, 5.41) is 0. The third kappa shape index (κ3) is 8.49. The second kappa shape index (κ2) is 13.1. The second-order valence-corrected chi connectivity index (χ2v) is 29.2. The smallest absolute Gasteiger partial charge is 0.0637 e. The molecule has 0 saturated heterocycles. The highest BCUT2D eigenvalue weighted by atomic mass is 31.2. The Morgan fingerprint density at radius 3 is 1.68 bits per heavy atom. The van der Waals surface area contributed by atoms with Crippen molar-refractivity contribution in [3.63, 3.8) is 0 Å². The van der Waals surface area contributed by atoms with Crippen LogP contribution in [0.4, 0.5) is 5.69 Å². The van der Waals surface area contributed by atoms with E-state index in [-0.39, 0.29) is 5.41 Å². The number of benzene rings is 1. The number of nitrogens with zero attached hydrogens (tertiary/aromatic N) is 1. The molecule has 3 atom stereocenters. The molecule has 0 amide bonds. The van der Waals surface area contributed by atoms with Crippen molar-refractivity contribution in [2.24, 2.45) is 5.41 Å². The number of aryl methyl sites for hydroxylation is 2. The van der Waals surface area contributed by atoms with Crippen LogP contribution in [0.25, 0.3) is 4.85 Å². The molecule has 210 valence electrons. The first kappa shape index (κ1) is 33.2. The fourth-order valence-corrected chi connectivity index (χ4v) is 14.7. The van der Waals surface area contributed by atoms with Gasteiger partial charge in [0.05, 0.1) is 22.6 Å². The predicted molar refractivity (Wildman–Crippen MR) is 183 cm³/mol.